The number of nitrogens with zero attached hydrogens (tertiary/aromatic N) is 3. The van der Waals surface area contributed by atoms with Gasteiger partial charge in [-0.15, -0.1) is 0 Å². The molecule has 118 valence electrons. The Balaban J connectivity index is 1.79. The van der Waals surface area contributed by atoms with Gasteiger partial charge in [0.2, 0.25) is 5.95 Å². The molecule has 1 saturated heterocycles. The molecule has 0 spiro atoms. The van der Waals surface area contributed by atoms with Gasteiger partial charge in [-0.25, -0.2) is 9.37 Å². The Labute approximate surface area is 134 Å². The second-order valence-electron chi connectivity index (χ2n) is 5.85. The molecular formula is C18H19FN4. The fourth-order valence-corrected chi connectivity index (χ4v) is 3.14. The van der Waals surface area contributed by atoms with Gasteiger partial charge in [-0.3, -0.25) is 0 Å². The van der Waals surface area contributed by atoms with E-state index in [0.29, 0.717) is 6.54 Å². The van der Waals surface area contributed by atoms with Crippen molar-refractivity contribution >= 4 is 17.0 Å². The third-order valence-corrected chi connectivity index (χ3v) is 4.26. The van der Waals surface area contributed by atoms with Gasteiger partial charge in [0.05, 0.1) is 17.6 Å². The zero-order chi connectivity index (χ0) is 15.6. The fourth-order valence-electron chi connectivity index (χ4n) is 3.14. The molecule has 0 bridgehead atoms. The number of rotatable bonds is 3. The standard InChI is InChI=1S/C18H19FN4/c19-15-5-3-4-14(12-15)13-23-17-7-2-1-6-16(17)21-18(23)22-10-8-20-9-11-22/h1-7,12,20H,8-11,13H2. The maximum Gasteiger partial charge on any atom is 0.206 e. The van der Waals surface area contributed by atoms with Crippen molar-refractivity contribution < 1.29 is 4.39 Å². The van der Waals surface area contributed by atoms with Gasteiger partial charge < -0.3 is 14.8 Å². The molecule has 4 rings (SSSR count). The number of hydrogen-bond donors (Lipinski definition) is 1. The molecule has 3 aromatic rings. The third kappa shape index (κ3) is 2.80. The number of nitrogens with one attached hydrogen (secondary N) is 1. The number of anilines is 1. The minimum absolute atomic E-state index is 0.198. The highest BCUT2D eigenvalue weighted by molar-refractivity contribution is 5.79. The molecule has 4 nitrogen and oxygen atoms in total. The molecule has 1 aliphatic rings. The largest absolute Gasteiger partial charge is 0.340 e. The molecule has 0 radical (unpaired) electrons. The SMILES string of the molecule is Fc1cccc(Cn2c(N3CCNCC3)nc3ccccc32)c1. The lowest BCUT2D eigenvalue weighted by Gasteiger charge is -2.29. The zero-order valence-electron chi connectivity index (χ0n) is 12.9. The number of imidazole rings is 1. The molecule has 1 aliphatic heterocycles. The third-order valence-electron chi connectivity index (χ3n) is 4.26. The van der Waals surface area contributed by atoms with E-state index in [0.717, 1.165) is 48.7 Å². The summed E-state index contributed by atoms with van der Waals surface area (Å²) in [6, 6.07) is 14.9. The first-order chi connectivity index (χ1) is 11.3. The summed E-state index contributed by atoms with van der Waals surface area (Å²) in [7, 11) is 0. The van der Waals surface area contributed by atoms with Crippen LogP contribution in [0.15, 0.2) is 48.5 Å². The molecule has 1 N–H and O–H groups in total. The molecule has 0 unspecified atom stereocenters. The van der Waals surface area contributed by atoms with E-state index in [4.69, 9.17) is 4.98 Å². The van der Waals surface area contributed by atoms with E-state index < -0.39 is 0 Å². The highest BCUT2D eigenvalue weighted by Gasteiger charge is 2.19. The highest BCUT2D eigenvalue weighted by Crippen LogP contribution is 2.24. The maximum atomic E-state index is 13.5. The van der Waals surface area contributed by atoms with Crippen LogP contribution in [0.5, 0.6) is 0 Å². The fraction of sp³-hybridized carbons (Fsp3) is 0.278. The van der Waals surface area contributed by atoms with Crippen LogP contribution < -0.4 is 10.2 Å². The Morgan fingerprint density at radius 1 is 1.04 bits per heavy atom. The summed E-state index contributed by atoms with van der Waals surface area (Å²) in [4.78, 5) is 7.12. The maximum absolute atomic E-state index is 13.5. The second-order valence-corrected chi connectivity index (χ2v) is 5.85. The minimum atomic E-state index is -0.198. The summed E-state index contributed by atoms with van der Waals surface area (Å²) in [5, 5.41) is 3.37. The van der Waals surface area contributed by atoms with E-state index in [-0.39, 0.29) is 5.82 Å². The number of para-hydroxylation sites is 2. The minimum Gasteiger partial charge on any atom is -0.340 e. The van der Waals surface area contributed by atoms with E-state index in [1.54, 1.807) is 12.1 Å². The number of fused-ring (bicyclic) bond motifs is 1. The molecule has 2 heterocycles. The summed E-state index contributed by atoms with van der Waals surface area (Å²) < 4.78 is 15.7. The number of piperazine rings is 1. The van der Waals surface area contributed by atoms with Gasteiger partial charge in [0.15, 0.2) is 0 Å². The van der Waals surface area contributed by atoms with Crippen molar-refractivity contribution in [3.63, 3.8) is 0 Å². The average Bonchev–Trinajstić information content (AvgIpc) is 2.95. The van der Waals surface area contributed by atoms with E-state index >= 15 is 0 Å². The van der Waals surface area contributed by atoms with Gasteiger partial charge >= 0.3 is 0 Å². The Bertz CT molecular complexity index is 821. The molecule has 0 saturated carbocycles. The van der Waals surface area contributed by atoms with Crippen molar-refractivity contribution in [3.8, 4) is 0 Å². The number of aromatic nitrogens is 2. The molecule has 2 aromatic carbocycles. The summed E-state index contributed by atoms with van der Waals surface area (Å²) in [5.74, 6) is 0.771. The summed E-state index contributed by atoms with van der Waals surface area (Å²) in [5.41, 5.74) is 3.02. The van der Waals surface area contributed by atoms with Crippen LogP contribution in [0.4, 0.5) is 10.3 Å². The first kappa shape index (κ1) is 14.2. The first-order valence-electron chi connectivity index (χ1n) is 7.97. The molecule has 0 aliphatic carbocycles. The monoisotopic (exact) mass is 310 g/mol. The predicted octanol–water partition coefficient (Wildman–Crippen LogP) is 2.63. The number of benzene rings is 2. The van der Waals surface area contributed by atoms with Crippen LogP contribution in [0.3, 0.4) is 0 Å². The summed E-state index contributed by atoms with van der Waals surface area (Å²) in [6.07, 6.45) is 0. The average molecular weight is 310 g/mol. The number of hydrogen-bond acceptors (Lipinski definition) is 3. The molecule has 1 aromatic heterocycles. The molecule has 5 heteroatoms. The van der Waals surface area contributed by atoms with Gasteiger partial charge in [-0.05, 0) is 29.8 Å². The van der Waals surface area contributed by atoms with Crippen LogP contribution >= 0.6 is 0 Å². The van der Waals surface area contributed by atoms with Crippen molar-refractivity contribution in [3.05, 3.63) is 59.9 Å². The number of halogens is 1. The topological polar surface area (TPSA) is 33.1 Å². The van der Waals surface area contributed by atoms with Crippen LogP contribution in [0.2, 0.25) is 0 Å². The first-order valence-corrected chi connectivity index (χ1v) is 7.97. The zero-order valence-corrected chi connectivity index (χ0v) is 12.9. The van der Waals surface area contributed by atoms with Crippen LogP contribution in [0.25, 0.3) is 11.0 Å². The molecular weight excluding hydrogens is 291 g/mol. The van der Waals surface area contributed by atoms with Crippen molar-refractivity contribution in [2.24, 2.45) is 0 Å². The predicted molar refractivity (Wildman–Crippen MR) is 90.3 cm³/mol. The quantitative estimate of drug-likeness (QED) is 0.807. The van der Waals surface area contributed by atoms with E-state index in [1.807, 2.05) is 24.3 Å². The summed E-state index contributed by atoms with van der Waals surface area (Å²) in [6.45, 7) is 4.42. The van der Waals surface area contributed by atoms with E-state index in [2.05, 4.69) is 20.9 Å². The van der Waals surface area contributed by atoms with Gasteiger partial charge in [0.25, 0.3) is 0 Å². The van der Waals surface area contributed by atoms with Crippen LogP contribution in [0.1, 0.15) is 5.56 Å². The lowest BCUT2D eigenvalue weighted by molar-refractivity contribution is 0.571. The van der Waals surface area contributed by atoms with Gasteiger partial charge in [0, 0.05) is 26.2 Å². The Hall–Kier alpha value is -2.40. The summed E-state index contributed by atoms with van der Waals surface area (Å²) >= 11 is 0. The van der Waals surface area contributed by atoms with Crippen LogP contribution in [-0.4, -0.2) is 35.7 Å². The molecule has 1 fully saturated rings. The van der Waals surface area contributed by atoms with E-state index in [9.17, 15) is 4.39 Å². The Kier molecular flexibility index (Phi) is 3.71. The van der Waals surface area contributed by atoms with Crippen molar-refractivity contribution in [2.45, 2.75) is 6.54 Å². The van der Waals surface area contributed by atoms with Crippen LogP contribution in [-0.2, 0) is 6.54 Å². The van der Waals surface area contributed by atoms with Crippen LogP contribution in [0, 0.1) is 5.82 Å². The van der Waals surface area contributed by atoms with Gasteiger partial charge in [-0.2, -0.15) is 0 Å². The normalized spacial score (nSPS) is 15.3. The van der Waals surface area contributed by atoms with Crippen molar-refractivity contribution in [1.29, 1.82) is 0 Å². The van der Waals surface area contributed by atoms with Crippen molar-refractivity contribution in [1.82, 2.24) is 14.9 Å². The molecule has 0 atom stereocenters. The second kappa shape index (κ2) is 6.01. The smallest absolute Gasteiger partial charge is 0.206 e. The Morgan fingerprint density at radius 2 is 1.87 bits per heavy atom. The lowest BCUT2D eigenvalue weighted by Crippen LogP contribution is -2.44. The van der Waals surface area contributed by atoms with Gasteiger partial charge in [-0.1, -0.05) is 24.3 Å². The van der Waals surface area contributed by atoms with Crippen molar-refractivity contribution in [2.75, 3.05) is 31.1 Å². The van der Waals surface area contributed by atoms with Gasteiger partial charge in [0.1, 0.15) is 5.82 Å². The lowest BCUT2D eigenvalue weighted by atomic mass is 10.2. The highest BCUT2D eigenvalue weighted by atomic mass is 19.1. The molecule has 0 amide bonds. The van der Waals surface area contributed by atoms with E-state index in [1.165, 1.54) is 6.07 Å². The Morgan fingerprint density at radius 3 is 2.70 bits per heavy atom. The molecule has 23 heavy (non-hydrogen) atoms.